The maximum atomic E-state index is 11.8. The Morgan fingerprint density at radius 2 is 1.89 bits per heavy atom. The molecule has 1 aliphatic rings. The fourth-order valence-corrected chi connectivity index (χ4v) is 2.27. The maximum Gasteiger partial charge on any atom is 0.339 e. The lowest BCUT2D eigenvalue weighted by atomic mass is 10.3. The Hall–Kier alpha value is -2.42. The number of esters is 1. The molecule has 0 unspecified atom stereocenters. The van der Waals surface area contributed by atoms with Gasteiger partial charge in [-0.2, -0.15) is 8.42 Å². The minimum Gasteiger partial charge on any atom is -0.454 e. The molecular formula is C10H7NO7S. The van der Waals surface area contributed by atoms with Crippen LogP contribution in [0, 0.1) is 10.1 Å². The smallest absolute Gasteiger partial charge is 0.339 e. The molecule has 100 valence electrons. The van der Waals surface area contributed by atoms with Gasteiger partial charge < -0.3 is 8.92 Å². The first-order valence-electron chi connectivity index (χ1n) is 4.95. The number of benzene rings is 1. The second kappa shape index (κ2) is 4.69. The van der Waals surface area contributed by atoms with E-state index in [9.17, 15) is 23.3 Å². The fourth-order valence-electron chi connectivity index (χ4n) is 1.33. The summed E-state index contributed by atoms with van der Waals surface area (Å²) < 4.78 is 32.7. The fraction of sp³-hybridized carbons (Fsp3) is 0.100. The molecule has 1 aliphatic heterocycles. The van der Waals surface area contributed by atoms with Crippen LogP contribution in [0.25, 0.3) is 0 Å². The lowest BCUT2D eigenvalue weighted by Crippen LogP contribution is -2.07. The predicted octanol–water partition coefficient (Wildman–Crippen LogP) is 0.741. The molecule has 1 aromatic carbocycles. The Balaban J connectivity index is 2.22. The van der Waals surface area contributed by atoms with E-state index in [2.05, 4.69) is 8.92 Å². The summed E-state index contributed by atoms with van der Waals surface area (Å²) in [5.74, 6) is -0.822. The number of carbonyl (C=O) groups excluding carboxylic acids is 1. The number of hydrogen-bond donors (Lipinski definition) is 0. The van der Waals surface area contributed by atoms with Crippen molar-refractivity contribution in [3.05, 3.63) is 46.2 Å². The summed E-state index contributed by atoms with van der Waals surface area (Å²) in [6, 6.07) is 4.18. The van der Waals surface area contributed by atoms with Crippen LogP contribution in [0.15, 0.2) is 41.0 Å². The maximum absolute atomic E-state index is 11.8. The molecule has 0 saturated heterocycles. The molecule has 1 heterocycles. The molecule has 2 rings (SSSR count). The number of hydrogen-bond acceptors (Lipinski definition) is 7. The normalized spacial score (nSPS) is 14.7. The van der Waals surface area contributed by atoms with Crippen LogP contribution in [-0.4, -0.2) is 25.9 Å². The highest BCUT2D eigenvalue weighted by atomic mass is 32.2. The van der Waals surface area contributed by atoms with Gasteiger partial charge in [0.05, 0.1) is 11.0 Å². The second-order valence-electron chi connectivity index (χ2n) is 3.51. The highest BCUT2D eigenvalue weighted by Gasteiger charge is 2.23. The average molecular weight is 285 g/mol. The van der Waals surface area contributed by atoms with E-state index in [0.29, 0.717) is 0 Å². The van der Waals surface area contributed by atoms with Gasteiger partial charge in [-0.25, -0.2) is 4.79 Å². The number of non-ortho nitro benzene ring substituents is 1. The third-order valence-corrected chi connectivity index (χ3v) is 3.47. The van der Waals surface area contributed by atoms with Crippen molar-refractivity contribution in [1.29, 1.82) is 0 Å². The van der Waals surface area contributed by atoms with E-state index in [1.165, 1.54) is 0 Å². The summed E-state index contributed by atoms with van der Waals surface area (Å²) >= 11 is 0. The number of nitro groups is 1. The van der Waals surface area contributed by atoms with Crippen molar-refractivity contribution >= 4 is 21.8 Å². The third-order valence-electron chi connectivity index (χ3n) is 2.19. The van der Waals surface area contributed by atoms with Gasteiger partial charge in [-0.3, -0.25) is 10.1 Å². The number of carbonyl (C=O) groups is 1. The second-order valence-corrected chi connectivity index (χ2v) is 5.05. The number of ether oxygens (including phenoxy) is 1. The topological polar surface area (TPSA) is 113 Å². The van der Waals surface area contributed by atoms with E-state index in [4.69, 9.17) is 0 Å². The van der Waals surface area contributed by atoms with E-state index in [-0.39, 0.29) is 22.9 Å². The molecule has 0 bridgehead atoms. The molecular weight excluding hydrogens is 278 g/mol. The van der Waals surface area contributed by atoms with Crippen LogP contribution in [0.4, 0.5) is 5.69 Å². The monoisotopic (exact) mass is 285 g/mol. The summed E-state index contributed by atoms with van der Waals surface area (Å²) in [5, 5.41) is 10.4. The molecule has 0 saturated carbocycles. The molecule has 0 fully saturated rings. The van der Waals surface area contributed by atoms with Crippen molar-refractivity contribution in [1.82, 2.24) is 0 Å². The van der Waals surface area contributed by atoms with Gasteiger partial charge in [0.15, 0.2) is 12.4 Å². The van der Waals surface area contributed by atoms with Crippen LogP contribution in [0.5, 0.6) is 0 Å². The predicted molar refractivity (Wildman–Crippen MR) is 60.4 cm³/mol. The van der Waals surface area contributed by atoms with Crippen molar-refractivity contribution in [3.8, 4) is 0 Å². The molecule has 0 spiro atoms. The Kier molecular flexibility index (Phi) is 3.21. The molecule has 9 heteroatoms. The first-order valence-corrected chi connectivity index (χ1v) is 6.35. The summed E-state index contributed by atoms with van der Waals surface area (Å²) in [6.07, 6.45) is 0.920. The molecule has 0 aromatic heterocycles. The Morgan fingerprint density at radius 1 is 1.26 bits per heavy atom. The first-order chi connectivity index (χ1) is 8.88. The SMILES string of the molecule is O=C1C=C(OS(=O)(=O)c2ccc([N+](=O)[O-])cc2)CO1. The molecule has 19 heavy (non-hydrogen) atoms. The lowest BCUT2D eigenvalue weighted by Gasteiger charge is -2.06. The van der Waals surface area contributed by atoms with E-state index in [1.54, 1.807) is 0 Å². The summed E-state index contributed by atoms with van der Waals surface area (Å²) in [7, 11) is -4.13. The number of rotatable bonds is 4. The summed E-state index contributed by atoms with van der Waals surface area (Å²) in [5.41, 5.74) is -0.238. The first kappa shape index (κ1) is 13.0. The molecule has 0 amide bonds. The van der Waals surface area contributed by atoms with Gasteiger partial charge in [-0.15, -0.1) is 0 Å². The van der Waals surface area contributed by atoms with E-state index < -0.39 is 21.0 Å². The van der Waals surface area contributed by atoms with Gasteiger partial charge in [0.25, 0.3) is 5.69 Å². The largest absolute Gasteiger partial charge is 0.454 e. The molecule has 0 aliphatic carbocycles. The minimum absolute atomic E-state index is 0.136. The van der Waals surface area contributed by atoms with Crippen LogP contribution < -0.4 is 0 Å². The molecule has 0 radical (unpaired) electrons. The molecule has 8 nitrogen and oxygen atoms in total. The van der Waals surface area contributed by atoms with Gasteiger partial charge in [0.1, 0.15) is 4.90 Å². The van der Waals surface area contributed by atoms with E-state index in [1.807, 2.05) is 0 Å². The number of cyclic esters (lactones) is 1. The van der Waals surface area contributed by atoms with Gasteiger partial charge in [-0.1, -0.05) is 0 Å². The zero-order valence-electron chi connectivity index (χ0n) is 9.31. The van der Waals surface area contributed by atoms with Crippen LogP contribution in [0.3, 0.4) is 0 Å². The highest BCUT2D eigenvalue weighted by molar-refractivity contribution is 7.86. The molecule has 0 atom stereocenters. The van der Waals surface area contributed by atoms with Gasteiger partial charge >= 0.3 is 16.1 Å². The number of nitrogens with zero attached hydrogens (tertiary/aromatic N) is 1. The summed E-state index contributed by atoms with van der Waals surface area (Å²) in [4.78, 5) is 20.3. The van der Waals surface area contributed by atoms with Crippen LogP contribution in [0.2, 0.25) is 0 Å². The lowest BCUT2D eigenvalue weighted by molar-refractivity contribution is -0.384. The van der Waals surface area contributed by atoms with Crippen molar-refractivity contribution in [2.45, 2.75) is 4.90 Å². The Bertz CT molecular complexity index is 660. The molecule has 0 N–H and O–H groups in total. The zero-order valence-corrected chi connectivity index (χ0v) is 10.1. The van der Waals surface area contributed by atoms with Crippen LogP contribution in [0.1, 0.15) is 0 Å². The van der Waals surface area contributed by atoms with Crippen molar-refractivity contribution in [2.75, 3.05) is 6.61 Å². The van der Waals surface area contributed by atoms with E-state index >= 15 is 0 Å². The van der Waals surface area contributed by atoms with Gasteiger partial charge in [0, 0.05) is 12.1 Å². The van der Waals surface area contributed by atoms with Crippen molar-refractivity contribution in [2.24, 2.45) is 0 Å². The van der Waals surface area contributed by atoms with E-state index in [0.717, 1.165) is 30.3 Å². The van der Waals surface area contributed by atoms with Gasteiger partial charge in [-0.05, 0) is 12.1 Å². The highest BCUT2D eigenvalue weighted by Crippen LogP contribution is 2.21. The molecule has 1 aromatic rings. The van der Waals surface area contributed by atoms with Crippen LogP contribution >= 0.6 is 0 Å². The van der Waals surface area contributed by atoms with Crippen LogP contribution in [-0.2, 0) is 23.8 Å². The minimum atomic E-state index is -4.13. The third kappa shape index (κ3) is 2.88. The van der Waals surface area contributed by atoms with Gasteiger partial charge in [0.2, 0.25) is 0 Å². The zero-order chi connectivity index (χ0) is 14.0. The van der Waals surface area contributed by atoms with Crippen molar-refractivity contribution < 1.29 is 27.1 Å². The standard InChI is InChI=1S/C10H7NO7S/c12-10-5-8(6-17-10)18-19(15,16)9-3-1-7(2-4-9)11(13)14/h1-5H,6H2. The Labute approximate surface area is 107 Å². The average Bonchev–Trinajstić information content (AvgIpc) is 2.74. The number of nitro benzene ring substituents is 1. The summed E-state index contributed by atoms with van der Waals surface area (Å²) in [6.45, 7) is -0.259. The Morgan fingerprint density at radius 3 is 2.37 bits per heavy atom. The quantitative estimate of drug-likeness (QED) is 0.347. The van der Waals surface area contributed by atoms with Crippen molar-refractivity contribution in [3.63, 3.8) is 0 Å².